The number of ether oxygens (including phenoxy) is 3. The molecule has 0 bridgehead atoms. The van der Waals surface area contributed by atoms with Gasteiger partial charge in [-0.2, -0.15) is 0 Å². The normalized spacial score (nSPS) is 13.1. The fourth-order valence-corrected chi connectivity index (χ4v) is 8.23. The van der Waals surface area contributed by atoms with E-state index >= 15 is 0 Å². The average Bonchev–Trinajstić information content (AvgIpc) is 3.43. The van der Waals surface area contributed by atoms with Crippen LogP contribution in [-0.4, -0.2) is 37.2 Å². The van der Waals surface area contributed by atoms with Crippen LogP contribution < -0.4 is 0 Å². The Labute approximate surface area is 474 Å². The van der Waals surface area contributed by atoms with Crippen LogP contribution in [0.15, 0.2) is 146 Å². The van der Waals surface area contributed by atoms with Gasteiger partial charge in [-0.05, 0) is 116 Å². The molecule has 0 saturated heterocycles. The Morgan fingerprint density at radius 3 is 0.857 bits per heavy atom. The number of unbranched alkanes of at least 4 members (excludes halogenated alkanes) is 21. The second kappa shape index (κ2) is 63.8. The van der Waals surface area contributed by atoms with E-state index in [0.29, 0.717) is 19.3 Å². The van der Waals surface area contributed by atoms with Gasteiger partial charge in [-0.25, -0.2) is 0 Å². The van der Waals surface area contributed by atoms with E-state index < -0.39 is 12.1 Å². The maximum Gasteiger partial charge on any atom is 0.310 e. The van der Waals surface area contributed by atoms with Crippen LogP contribution >= 0.6 is 0 Å². The molecule has 0 heterocycles. The van der Waals surface area contributed by atoms with Crippen molar-refractivity contribution in [1.29, 1.82) is 0 Å². The predicted octanol–water partition coefficient (Wildman–Crippen LogP) is 21.5. The number of hydrogen-bond donors (Lipinski definition) is 0. The molecule has 0 aromatic carbocycles. The Bertz CT molecular complexity index is 1700. The van der Waals surface area contributed by atoms with Crippen LogP contribution in [0.3, 0.4) is 0 Å². The van der Waals surface area contributed by atoms with Gasteiger partial charge in [-0.3, -0.25) is 14.4 Å². The molecule has 6 nitrogen and oxygen atoms in total. The van der Waals surface area contributed by atoms with E-state index in [2.05, 4.69) is 154 Å². The molecule has 0 aliphatic carbocycles. The molecule has 0 N–H and O–H groups in total. The van der Waals surface area contributed by atoms with Gasteiger partial charge < -0.3 is 14.2 Å². The van der Waals surface area contributed by atoms with E-state index in [1.807, 2.05) is 6.08 Å². The van der Waals surface area contributed by atoms with Crippen molar-refractivity contribution in [3.05, 3.63) is 146 Å². The summed E-state index contributed by atoms with van der Waals surface area (Å²) in [5, 5.41) is 0. The highest BCUT2D eigenvalue weighted by Crippen LogP contribution is 2.15. The Balaban J connectivity index is 4.29. The first-order valence-electron chi connectivity index (χ1n) is 31.3. The summed E-state index contributed by atoms with van der Waals surface area (Å²) in [5.41, 5.74) is 0. The highest BCUT2D eigenvalue weighted by atomic mass is 16.6. The monoisotopic (exact) mass is 1060 g/mol. The summed E-state index contributed by atoms with van der Waals surface area (Å²) in [7, 11) is 0. The van der Waals surface area contributed by atoms with Gasteiger partial charge in [0.1, 0.15) is 13.2 Å². The first-order chi connectivity index (χ1) is 38.0. The molecule has 1 atom stereocenters. The van der Waals surface area contributed by atoms with Gasteiger partial charge in [0.05, 0.1) is 6.42 Å². The molecule has 0 aliphatic rings. The molecule has 77 heavy (non-hydrogen) atoms. The van der Waals surface area contributed by atoms with Crippen molar-refractivity contribution in [2.75, 3.05) is 13.2 Å². The molecular formula is C71H114O6. The van der Waals surface area contributed by atoms with Crippen molar-refractivity contribution in [3.63, 3.8) is 0 Å². The lowest BCUT2D eigenvalue weighted by molar-refractivity contribution is -0.166. The second-order valence-electron chi connectivity index (χ2n) is 20.2. The molecule has 0 rings (SSSR count). The van der Waals surface area contributed by atoms with E-state index in [1.165, 1.54) is 89.9 Å². The molecule has 0 radical (unpaired) electrons. The SMILES string of the molecule is CC/C=C\C/C=C\C/C=C\C/C=C\C/C=C\CCCCCCCCCCCCCCCCCC(=O)OCC(COC(=O)CCCCCCC/C=C\C/C=C\CCC)OC(=O)C/C=C\C/C=C\C/C=C\C/C=C\C/C=C\CC. The highest BCUT2D eigenvalue weighted by molar-refractivity contribution is 5.72. The molecule has 6 heteroatoms. The van der Waals surface area contributed by atoms with Crippen molar-refractivity contribution >= 4 is 17.9 Å². The van der Waals surface area contributed by atoms with Crippen molar-refractivity contribution < 1.29 is 28.6 Å². The van der Waals surface area contributed by atoms with Gasteiger partial charge >= 0.3 is 17.9 Å². The Hall–Kier alpha value is -4.71. The molecular weight excluding hydrogens is 949 g/mol. The first-order valence-corrected chi connectivity index (χ1v) is 31.3. The number of carbonyl (C=O) groups excluding carboxylic acids is 3. The van der Waals surface area contributed by atoms with E-state index in [1.54, 1.807) is 6.08 Å². The number of carbonyl (C=O) groups is 3. The van der Waals surface area contributed by atoms with Crippen molar-refractivity contribution in [2.24, 2.45) is 0 Å². The third kappa shape index (κ3) is 62.0. The van der Waals surface area contributed by atoms with E-state index in [0.717, 1.165) is 128 Å². The van der Waals surface area contributed by atoms with Crippen LogP contribution in [0, 0.1) is 0 Å². The molecule has 434 valence electrons. The summed E-state index contributed by atoms with van der Waals surface area (Å²) in [6.07, 6.45) is 91.8. The Morgan fingerprint density at radius 2 is 0.545 bits per heavy atom. The minimum Gasteiger partial charge on any atom is -0.462 e. The molecule has 0 aromatic heterocycles. The zero-order valence-corrected chi connectivity index (χ0v) is 49.7. The van der Waals surface area contributed by atoms with Crippen LogP contribution in [0.5, 0.6) is 0 Å². The summed E-state index contributed by atoms with van der Waals surface area (Å²) >= 11 is 0. The largest absolute Gasteiger partial charge is 0.462 e. The number of esters is 3. The summed E-state index contributed by atoms with van der Waals surface area (Å²) in [6.45, 7) is 6.25. The third-order valence-corrected chi connectivity index (χ3v) is 12.8. The molecule has 0 amide bonds. The molecule has 0 aliphatic heterocycles. The quantitative estimate of drug-likeness (QED) is 0.0261. The first kappa shape index (κ1) is 72.3. The lowest BCUT2D eigenvalue weighted by Crippen LogP contribution is -2.30. The molecule has 0 spiro atoms. The topological polar surface area (TPSA) is 78.9 Å². The van der Waals surface area contributed by atoms with Crippen molar-refractivity contribution in [3.8, 4) is 0 Å². The van der Waals surface area contributed by atoms with Gasteiger partial charge in [0.15, 0.2) is 6.10 Å². The van der Waals surface area contributed by atoms with Crippen LogP contribution in [0.1, 0.15) is 265 Å². The lowest BCUT2D eigenvalue weighted by Gasteiger charge is -2.18. The van der Waals surface area contributed by atoms with Crippen LogP contribution in [0.2, 0.25) is 0 Å². The molecule has 1 unspecified atom stereocenters. The lowest BCUT2D eigenvalue weighted by atomic mass is 10.0. The van der Waals surface area contributed by atoms with Crippen molar-refractivity contribution in [2.45, 2.75) is 271 Å². The van der Waals surface area contributed by atoms with Gasteiger partial charge in [0, 0.05) is 12.8 Å². The van der Waals surface area contributed by atoms with Crippen LogP contribution in [-0.2, 0) is 28.6 Å². The maximum atomic E-state index is 12.8. The Morgan fingerprint density at radius 1 is 0.286 bits per heavy atom. The summed E-state index contributed by atoms with van der Waals surface area (Å²) in [4.78, 5) is 38.1. The fourth-order valence-electron chi connectivity index (χ4n) is 8.23. The molecule has 0 saturated carbocycles. The average molecular weight is 1060 g/mol. The summed E-state index contributed by atoms with van der Waals surface area (Å²) < 4.78 is 16.8. The van der Waals surface area contributed by atoms with E-state index in [-0.39, 0.29) is 31.6 Å². The van der Waals surface area contributed by atoms with Gasteiger partial charge in [-0.1, -0.05) is 276 Å². The standard InChI is InChI=1S/C71H114O6/c1-4-7-10-13-16-19-22-25-27-28-29-30-31-32-33-34-35-36-37-38-39-40-41-42-44-46-49-52-55-58-61-64-70(73)76-67-68(66-75-69(72)63-60-57-54-51-48-45-24-21-18-15-12-9-6-3)77-71(74)65-62-59-56-53-50-47-43-26-23-20-17-14-11-8-5-2/h7-8,10-12,15-17,19-21,24-27,29-30,32-33,43,50,53,59,62,68H,4-6,9,13-14,18,22-23,28,31,34-42,44-49,51-52,54-58,60-61,63-67H2,1-3H3/b10-7-,11-8-,15-12-,19-16-,20-17-,24-21-,27-25-,30-29-,33-32-,43-26-,53-50-,62-59-. The van der Waals surface area contributed by atoms with E-state index in [9.17, 15) is 14.4 Å². The Kier molecular flexibility index (Phi) is 59.9. The van der Waals surface area contributed by atoms with Crippen molar-refractivity contribution in [1.82, 2.24) is 0 Å². The van der Waals surface area contributed by atoms with E-state index in [4.69, 9.17) is 14.2 Å². The maximum absolute atomic E-state index is 12.8. The summed E-state index contributed by atoms with van der Waals surface area (Å²) in [5.74, 6) is -1.07. The van der Waals surface area contributed by atoms with Gasteiger partial charge in [0.2, 0.25) is 0 Å². The number of rotatable bonds is 55. The second-order valence-corrected chi connectivity index (χ2v) is 20.2. The van der Waals surface area contributed by atoms with Crippen LogP contribution in [0.25, 0.3) is 0 Å². The third-order valence-electron chi connectivity index (χ3n) is 12.8. The minimum absolute atomic E-state index is 0.0893. The smallest absolute Gasteiger partial charge is 0.310 e. The van der Waals surface area contributed by atoms with Gasteiger partial charge in [-0.15, -0.1) is 0 Å². The zero-order valence-electron chi connectivity index (χ0n) is 49.7. The highest BCUT2D eigenvalue weighted by Gasteiger charge is 2.19. The predicted molar refractivity (Wildman–Crippen MR) is 334 cm³/mol. The number of hydrogen-bond acceptors (Lipinski definition) is 6. The molecule has 0 aromatic rings. The molecule has 0 fully saturated rings. The van der Waals surface area contributed by atoms with Crippen LogP contribution in [0.4, 0.5) is 0 Å². The fraction of sp³-hybridized carbons (Fsp3) is 0.620. The van der Waals surface area contributed by atoms with Gasteiger partial charge in [0.25, 0.3) is 0 Å². The minimum atomic E-state index is -0.843. The zero-order chi connectivity index (χ0) is 55.7. The summed E-state index contributed by atoms with van der Waals surface area (Å²) in [6, 6.07) is 0. The number of allylic oxidation sites excluding steroid dienone is 23.